The molecule has 15 nitrogen and oxygen atoms in total. The van der Waals surface area contributed by atoms with E-state index < -0.39 is 82.7 Å². The van der Waals surface area contributed by atoms with Crippen LogP contribution in [-0.2, 0) is 27.9 Å². The largest absolute Gasteiger partial charge is 0.480 e. The fourth-order valence-corrected chi connectivity index (χ4v) is 9.81. The van der Waals surface area contributed by atoms with Gasteiger partial charge in [0.25, 0.3) is 5.56 Å². The molecule has 17 heteroatoms. The summed E-state index contributed by atoms with van der Waals surface area (Å²) in [5.74, 6) is -1.73. The van der Waals surface area contributed by atoms with Gasteiger partial charge in [-0.3, -0.25) is 24.0 Å². The quantitative estimate of drug-likeness (QED) is 0.0355. The number of carboxylic acids is 1. The molecule has 7 atom stereocenters. The number of hydrogen-bond donors (Lipinski definition) is 2. The molecule has 0 radical (unpaired) electrons. The molecule has 3 rings (SSSR count). The van der Waals surface area contributed by atoms with Crippen molar-refractivity contribution in [1.82, 2.24) is 14.5 Å². The van der Waals surface area contributed by atoms with Crippen LogP contribution < -0.4 is 11.2 Å². The van der Waals surface area contributed by atoms with E-state index >= 15 is 0 Å². The first-order valence-electron chi connectivity index (χ1n) is 21.6. The van der Waals surface area contributed by atoms with Gasteiger partial charge in [-0.25, -0.2) is 9.59 Å². The number of rotatable bonds is 23. The Morgan fingerprint density at radius 1 is 0.828 bits per heavy atom. The second kappa shape index (κ2) is 21.6. The number of aromatic nitrogens is 2. The van der Waals surface area contributed by atoms with Crippen LogP contribution in [-0.4, -0.2) is 91.3 Å². The van der Waals surface area contributed by atoms with E-state index in [4.69, 9.17) is 18.3 Å². The topological polar surface area (TPSA) is 198 Å². The summed E-state index contributed by atoms with van der Waals surface area (Å²) in [7, 11) is -5.34. The number of carboxylic acid groups (broad SMARTS) is 1. The minimum Gasteiger partial charge on any atom is -0.480 e. The number of hydrogen-bond acceptors (Lipinski definition) is 9. The lowest BCUT2D eigenvalue weighted by molar-refractivity contribution is -0.152. The summed E-state index contributed by atoms with van der Waals surface area (Å²) in [6.45, 7) is 22.7. The Labute approximate surface area is 347 Å². The Balaban J connectivity index is 1.93. The molecule has 2 saturated heterocycles. The Morgan fingerprint density at radius 2 is 1.33 bits per heavy atom. The summed E-state index contributed by atoms with van der Waals surface area (Å²) in [6, 6.07) is -0.312. The van der Waals surface area contributed by atoms with E-state index in [1.54, 1.807) is 0 Å². The van der Waals surface area contributed by atoms with Crippen LogP contribution in [0.3, 0.4) is 0 Å². The number of H-pyrrole nitrogens is 1. The van der Waals surface area contributed by atoms with Crippen LogP contribution in [0.1, 0.15) is 145 Å². The maximum Gasteiger partial charge on any atom is 0.330 e. The van der Waals surface area contributed by atoms with Crippen LogP contribution in [0.4, 0.5) is 0 Å². The van der Waals surface area contributed by atoms with Gasteiger partial charge in [-0.15, -0.1) is 0 Å². The van der Waals surface area contributed by atoms with Crippen LogP contribution in [0, 0.1) is 0 Å². The molecule has 330 valence electrons. The molecule has 3 heterocycles. The predicted octanol–water partition coefficient (Wildman–Crippen LogP) is 9.01. The molecule has 1 aromatic heterocycles. The highest BCUT2D eigenvalue weighted by Gasteiger charge is 2.61. The van der Waals surface area contributed by atoms with Crippen LogP contribution in [0.25, 0.3) is 10.4 Å². The maximum atomic E-state index is 14.0. The molecule has 2 aliphatic rings. The summed E-state index contributed by atoms with van der Waals surface area (Å²) >= 11 is 0. The number of amides is 1. The van der Waals surface area contributed by atoms with Crippen molar-refractivity contribution in [3.63, 3.8) is 0 Å². The van der Waals surface area contributed by atoms with E-state index in [-0.39, 0.29) is 23.0 Å². The molecule has 0 aliphatic carbocycles. The molecule has 0 saturated carbocycles. The number of aliphatic carboxylic acids is 1. The van der Waals surface area contributed by atoms with E-state index in [0.29, 0.717) is 6.42 Å². The van der Waals surface area contributed by atoms with E-state index in [0.717, 1.165) is 25.7 Å². The summed E-state index contributed by atoms with van der Waals surface area (Å²) in [4.78, 5) is 59.3. The summed E-state index contributed by atoms with van der Waals surface area (Å²) in [5.41, 5.74) is 7.95. The van der Waals surface area contributed by atoms with Crippen molar-refractivity contribution >= 4 is 28.5 Å². The number of nitrogens with one attached hydrogen (secondary N) is 1. The van der Waals surface area contributed by atoms with Crippen molar-refractivity contribution in [2.24, 2.45) is 5.11 Å². The fourth-order valence-electron chi connectivity index (χ4n) is 7.23. The second-order valence-electron chi connectivity index (χ2n) is 19.2. The molecule has 2 N–H and O–H groups in total. The van der Waals surface area contributed by atoms with Gasteiger partial charge in [0.15, 0.2) is 28.9 Å². The monoisotopic (exact) mass is 851 g/mol. The first-order chi connectivity index (χ1) is 27.1. The van der Waals surface area contributed by atoms with Crippen molar-refractivity contribution < 1.29 is 33.0 Å². The summed E-state index contributed by atoms with van der Waals surface area (Å²) in [6.07, 6.45) is 9.67. The van der Waals surface area contributed by atoms with E-state index in [2.05, 4.69) is 89.7 Å². The molecule has 2 fully saturated rings. The highest BCUT2D eigenvalue weighted by atomic mass is 28.4. The second-order valence-corrected chi connectivity index (χ2v) is 28.8. The minimum absolute atomic E-state index is 0.103. The maximum absolute atomic E-state index is 14.0. The van der Waals surface area contributed by atoms with Gasteiger partial charge in [0.05, 0.1) is 6.54 Å². The number of aromatic amines is 1. The Morgan fingerprint density at radius 3 is 1.79 bits per heavy atom. The third kappa shape index (κ3) is 13.1. The van der Waals surface area contributed by atoms with Gasteiger partial charge >= 0.3 is 11.7 Å². The average molecular weight is 851 g/mol. The fraction of sp³-hybridized carbons (Fsp3) is 0.854. The van der Waals surface area contributed by atoms with Crippen molar-refractivity contribution in [3.05, 3.63) is 43.5 Å². The molecule has 0 unspecified atom stereocenters. The molecule has 58 heavy (non-hydrogen) atoms. The van der Waals surface area contributed by atoms with Gasteiger partial charge in [0.2, 0.25) is 5.91 Å². The number of carbonyl (C=O) groups is 2. The highest BCUT2D eigenvalue weighted by molar-refractivity contribution is 6.74. The molecular weight excluding hydrogens is 777 g/mol. The van der Waals surface area contributed by atoms with Gasteiger partial charge in [-0.1, -0.05) is 131 Å². The van der Waals surface area contributed by atoms with Gasteiger partial charge < -0.3 is 23.4 Å². The SMILES string of the molecule is CCCCCCCCCCCCCCCC(=O)N1[C@H](C(=O)O)[C@@H]([C@H]2O[C@@H](n3ccc(=O)[nH]c3=O)[C@H](O[Si](C)(C)C(C)(C)C)[C@@H]2O[Si](C)(C)C(C)(C)C)O[C@@H]1CN=[N+]=[N-]. The van der Waals surface area contributed by atoms with Gasteiger partial charge in [0.1, 0.15) is 30.6 Å². The lowest BCUT2D eigenvalue weighted by Gasteiger charge is -2.44. The molecule has 1 aromatic rings. The van der Waals surface area contributed by atoms with Crippen LogP contribution in [0.5, 0.6) is 0 Å². The zero-order valence-corrected chi connectivity index (χ0v) is 39.3. The van der Waals surface area contributed by atoms with Crippen molar-refractivity contribution in [2.45, 2.75) is 218 Å². The van der Waals surface area contributed by atoms with Crippen molar-refractivity contribution in [1.29, 1.82) is 0 Å². The molecule has 0 aromatic carbocycles. The molecular formula is C41H74N6O9Si2. The van der Waals surface area contributed by atoms with Crippen molar-refractivity contribution in [3.8, 4) is 0 Å². The number of unbranched alkanes of at least 4 members (excludes halogenated alkanes) is 12. The lowest BCUT2D eigenvalue weighted by Crippen LogP contribution is -2.57. The molecule has 0 bridgehead atoms. The average Bonchev–Trinajstić information content (AvgIpc) is 3.66. The zero-order valence-electron chi connectivity index (χ0n) is 37.3. The van der Waals surface area contributed by atoms with E-state index in [1.807, 2.05) is 0 Å². The normalized spacial score (nSPS) is 24.3. The number of nitrogens with zero attached hydrogens (tertiary/aromatic N) is 5. The number of azide groups is 1. The summed E-state index contributed by atoms with van der Waals surface area (Å²) < 4.78 is 28.7. The van der Waals surface area contributed by atoms with Crippen LogP contribution in [0.15, 0.2) is 27.0 Å². The van der Waals surface area contributed by atoms with E-state index in [9.17, 15) is 29.8 Å². The van der Waals surface area contributed by atoms with Crippen LogP contribution in [0.2, 0.25) is 36.3 Å². The molecule has 2 aliphatic heterocycles. The van der Waals surface area contributed by atoms with Gasteiger partial charge in [-0.2, -0.15) is 0 Å². The minimum atomic E-state index is -2.69. The number of ether oxygens (including phenoxy) is 2. The van der Waals surface area contributed by atoms with Gasteiger partial charge in [0, 0.05) is 23.6 Å². The zero-order chi connectivity index (χ0) is 43.5. The smallest absolute Gasteiger partial charge is 0.330 e. The number of carbonyl (C=O) groups excluding carboxylic acids is 1. The summed E-state index contributed by atoms with van der Waals surface area (Å²) in [5, 5.41) is 14.0. The standard InChI is InChI=1S/C41H74N6O9Si2/c1-12-13-14-15-16-17-18-19-20-21-22-23-24-25-30(49)47-31(28-43-45-42)53-33(32(47)38(50)51)34-35(55-57(8,9)40(2,3)4)36(56-58(10,11)41(5,6)7)37(54-34)46-27-26-29(48)44-39(46)52/h26-27,31-37H,12-25,28H2,1-11H3,(H,50,51)(H,44,48,52)/t31-,32+,33+,34-,35-,36-,37-/m1/s1. The first kappa shape index (κ1) is 49.6. The highest BCUT2D eigenvalue weighted by Crippen LogP contribution is 2.47. The molecule has 1 amide bonds. The third-order valence-corrected chi connectivity index (χ3v) is 21.7. The predicted molar refractivity (Wildman–Crippen MR) is 231 cm³/mol. The third-order valence-electron chi connectivity index (χ3n) is 12.7. The first-order valence-corrected chi connectivity index (χ1v) is 27.4. The Hall–Kier alpha value is -2.80. The van der Waals surface area contributed by atoms with Gasteiger partial charge in [-0.05, 0) is 48.2 Å². The Kier molecular flexibility index (Phi) is 18.5. The van der Waals surface area contributed by atoms with Crippen molar-refractivity contribution in [2.75, 3.05) is 6.54 Å². The van der Waals surface area contributed by atoms with Crippen LogP contribution >= 0.6 is 0 Å². The molecule has 0 spiro atoms. The van der Waals surface area contributed by atoms with E-state index in [1.165, 1.54) is 73.1 Å². The Bertz CT molecular complexity index is 1650. The lowest BCUT2D eigenvalue weighted by atomic mass is 9.99.